The first-order valence-corrected chi connectivity index (χ1v) is 7.32. The zero-order valence-corrected chi connectivity index (χ0v) is 12.1. The van der Waals surface area contributed by atoms with Crippen molar-refractivity contribution < 1.29 is 8.94 Å². The van der Waals surface area contributed by atoms with Gasteiger partial charge in [0.15, 0.2) is 5.76 Å². The Hall–Kier alpha value is -1.62. The molecule has 5 heteroatoms. The first-order chi connectivity index (χ1) is 9.78. The Morgan fingerprint density at radius 1 is 1.40 bits per heavy atom. The fourth-order valence-electron chi connectivity index (χ4n) is 3.08. The molecule has 1 N–H and O–H groups in total. The second kappa shape index (κ2) is 5.79. The average Bonchev–Trinajstić information content (AvgIpc) is 3.16. The van der Waals surface area contributed by atoms with Crippen molar-refractivity contribution in [3.63, 3.8) is 0 Å². The second-order valence-electron chi connectivity index (χ2n) is 5.59. The number of likely N-dealkylation sites (N-methyl/N-ethyl adjacent to an activating group) is 1. The van der Waals surface area contributed by atoms with Crippen molar-refractivity contribution in [2.75, 3.05) is 7.05 Å². The summed E-state index contributed by atoms with van der Waals surface area (Å²) >= 11 is 0. The predicted molar refractivity (Wildman–Crippen MR) is 75.2 cm³/mol. The first kappa shape index (κ1) is 13.4. The highest BCUT2D eigenvalue weighted by molar-refractivity contribution is 5.50. The fourth-order valence-corrected chi connectivity index (χ4v) is 3.08. The smallest absolute Gasteiger partial charge is 0.238 e. The SMILES string of the molecule is CNC(Cc1nc(-c2occc2C)no1)C1CCCC1. The molecule has 1 atom stereocenters. The van der Waals surface area contributed by atoms with E-state index in [-0.39, 0.29) is 0 Å². The third kappa shape index (κ3) is 2.63. The van der Waals surface area contributed by atoms with Gasteiger partial charge in [0, 0.05) is 12.5 Å². The largest absolute Gasteiger partial charge is 0.461 e. The van der Waals surface area contributed by atoms with Crippen molar-refractivity contribution >= 4 is 0 Å². The molecule has 0 aromatic carbocycles. The molecule has 1 unspecified atom stereocenters. The number of nitrogens with zero attached hydrogens (tertiary/aromatic N) is 2. The molecule has 5 nitrogen and oxygen atoms in total. The third-order valence-electron chi connectivity index (χ3n) is 4.27. The maximum atomic E-state index is 5.39. The number of nitrogens with one attached hydrogen (secondary N) is 1. The molecule has 0 aliphatic heterocycles. The van der Waals surface area contributed by atoms with Gasteiger partial charge in [-0.3, -0.25) is 0 Å². The summed E-state index contributed by atoms with van der Waals surface area (Å²) in [5, 5.41) is 7.42. The number of aryl methyl sites for hydroxylation is 1. The lowest BCUT2D eigenvalue weighted by atomic mass is 9.95. The molecule has 2 heterocycles. The number of rotatable bonds is 5. The van der Waals surface area contributed by atoms with Crippen LogP contribution < -0.4 is 5.32 Å². The van der Waals surface area contributed by atoms with E-state index in [1.165, 1.54) is 25.7 Å². The zero-order chi connectivity index (χ0) is 13.9. The van der Waals surface area contributed by atoms with Gasteiger partial charge in [0.25, 0.3) is 0 Å². The molecule has 1 aliphatic carbocycles. The first-order valence-electron chi connectivity index (χ1n) is 7.32. The summed E-state index contributed by atoms with van der Waals surface area (Å²) in [6, 6.07) is 2.32. The number of hydrogen-bond donors (Lipinski definition) is 1. The van der Waals surface area contributed by atoms with E-state index in [0.717, 1.165) is 17.9 Å². The van der Waals surface area contributed by atoms with E-state index >= 15 is 0 Å². The molecular weight excluding hydrogens is 254 g/mol. The molecule has 2 aromatic heterocycles. The summed E-state index contributed by atoms with van der Waals surface area (Å²) in [4.78, 5) is 4.46. The van der Waals surface area contributed by atoms with Crippen LogP contribution in [-0.2, 0) is 6.42 Å². The van der Waals surface area contributed by atoms with Gasteiger partial charge in [0.2, 0.25) is 11.7 Å². The maximum Gasteiger partial charge on any atom is 0.238 e. The number of furan rings is 1. The van der Waals surface area contributed by atoms with Crippen molar-refractivity contribution in [3.8, 4) is 11.6 Å². The Morgan fingerprint density at radius 2 is 2.20 bits per heavy atom. The molecule has 1 fully saturated rings. The van der Waals surface area contributed by atoms with Crippen LogP contribution in [-0.4, -0.2) is 23.2 Å². The van der Waals surface area contributed by atoms with Gasteiger partial charge in [-0.15, -0.1) is 0 Å². The molecule has 0 radical (unpaired) electrons. The van der Waals surface area contributed by atoms with E-state index in [9.17, 15) is 0 Å². The molecule has 0 spiro atoms. The molecular formula is C15H21N3O2. The van der Waals surface area contributed by atoms with E-state index < -0.39 is 0 Å². The Labute approximate surface area is 118 Å². The van der Waals surface area contributed by atoms with E-state index in [1.807, 2.05) is 20.0 Å². The van der Waals surface area contributed by atoms with Crippen LogP contribution >= 0.6 is 0 Å². The minimum Gasteiger partial charge on any atom is -0.461 e. The highest BCUT2D eigenvalue weighted by Gasteiger charge is 2.26. The number of aromatic nitrogens is 2. The van der Waals surface area contributed by atoms with Crippen LogP contribution in [0, 0.1) is 12.8 Å². The highest BCUT2D eigenvalue weighted by Crippen LogP contribution is 2.29. The van der Waals surface area contributed by atoms with E-state index in [1.54, 1.807) is 6.26 Å². The van der Waals surface area contributed by atoms with Crippen LogP contribution in [0.4, 0.5) is 0 Å². The molecule has 3 rings (SSSR count). The molecule has 108 valence electrons. The molecule has 0 bridgehead atoms. The molecule has 0 saturated heterocycles. The van der Waals surface area contributed by atoms with Crippen LogP contribution in [0.5, 0.6) is 0 Å². The highest BCUT2D eigenvalue weighted by atomic mass is 16.5. The van der Waals surface area contributed by atoms with Crippen molar-refractivity contribution in [1.29, 1.82) is 0 Å². The van der Waals surface area contributed by atoms with Crippen molar-refractivity contribution in [2.45, 2.75) is 45.1 Å². The zero-order valence-electron chi connectivity index (χ0n) is 12.1. The Morgan fingerprint density at radius 3 is 2.85 bits per heavy atom. The summed E-state index contributed by atoms with van der Waals surface area (Å²) in [6.45, 7) is 1.98. The minimum absolute atomic E-state index is 0.420. The Kier molecular flexibility index (Phi) is 3.87. The molecule has 1 saturated carbocycles. The van der Waals surface area contributed by atoms with Gasteiger partial charge in [-0.2, -0.15) is 4.98 Å². The van der Waals surface area contributed by atoms with E-state index in [0.29, 0.717) is 23.5 Å². The summed E-state index contributed by atoms with van der Waals surface area (Å²) in [7, 11) is 2.01. The monoisotopic (exact) mass is 275 g/mol. The van der Waals surface area contributed by atoms with Crippen LogP contribution in [0.15, 0.2) is 21.3 Å². The second-order valence-corrected chi connectivity index (χ2v) is 5.59. The van der Waals surface area contributed by atoms with Gasteiger partial charge in [-0.05, 0) is 44.4 Å². The van der Waals surface area contributed by atoms with Crippen LogP contribution in [0.2, 0.25) is 0 Å². The molecule has 2 aromatic rings. The topological polar surface area (TPSA) is 64.1 Å². The summed E-state index contributed by atoms with van der Waals surface area (Å²) in [5.41, 5.74) is 1.03. The average molecular weight is 275 g/mol. The van der Waals surface area contributed by atoms with Crippen LogP contribution in [0.25, 0.3) is 11.6 Å². The summed E-state index contributed by atoms with van der Waals surface area (Å²) < 4.78 is 10.8. The lowest BCUT2D eigenvalue weighted by Gasteiger charge is -2.20. The van der Waals surface area contributed by atoms with Gasteiger partial charge in [-0.25, -0.2) is 0 Å². The molecule has 1 aliphatic rings. The van der Waals surface area contributed by atoms with Crippen molar-refractivity contribution in [1.82, 2.24) is 15.5 Å². The van der Waals surface area contributed by atoms with Gasteiger partial charge < -0.3 is 14.3 Å². The van der Waals surface area contributed by atoms with Crippen LogP contribution in [0.1, 0.15) is 37.1 Å². The lowest BCUT2D eigenvalue weighted by molar-refractivity contribution is 0.318. The molecule has 20 heavy (non-hydrogen) atoms. The third-order valence-corrected chi connectivity index (χ3v) is 4.27. The Balaban J connectivity index is 1.71. The maximum absolute atomic E-state index is 5.39. The molecule has 0 amide bonds. The lowest BCUT2D eigenvalue weighted by Crippen LogP contribution is -2.34. The number of hydrogen-bond acceptors (Lipinski definition) is 5. The minimum atomic E-state index is 0.420. The van der Waals surface area contributed by atoms with Gasteiger partial charge in [0.1, 0.15) is 0 Å². The van der Waals surface area contributed by atoms with Gasteiger partial charge in [0.05, 0.1) is 6.26 Å². The van der Waals surface area contributed by atoms with Gasteiger partial charge in [-0.1, -0.05) is 18.0 Å². The van der Waals surface area contributed by atoms with Crippen molar-refractivity contribution in [2.24, 2.45) is 5.92 Å². The fraction of sp³-hybridized carbons (Fsp3) is 0.600. The Bertz CT molecular complexity index is 555. The van der Waals surface area contributed by atoms with E-state index in [4.69, 9.17) is 8.94 Å². The normalized spacial score (nSPS) is 17.7. The van der Waals surface area contributed by atoms with Gasteiger partial charge >= 0.3 is 0 Å². The van der Waals surface area contributed by atoms with Crippen molar-refractivity contribution in [3.05, 3.63) is 23.8 Å². The predicted octanol–water partition coefficient (Wildman–Crippen LogP) is 2.96. The standard InChI is InChI=1S/C15H21N3O2/c1-10-7-8-19-14(10)15-17-13(20-18-15)9-12(16-2)11-5-3-4-6-11/h7-8,11-12,16H,3-6,9H2,1-2H3. The van der Waals surface area contributed by atoms with E-state index in [2.05, 4.69) is 15.5 Å². The summed E-state index contributed by atoms with van der Waals surface area (Å²) in [6.07, 6.45) is 7.70. The summed E-state index contributed by atoms with van der Waals surface area (Å²) in [5.74, 6) is 2.65. The van der Waals surface area contributed by atoms with Crippen LogP contribution in [0.3, 0.4) is 0 Å². The quantitative estimate of drug-likeness (QED) is 0.908.